The van der Waals surface area contributed by atoms with Gasteiger partial charge in [-0.25, -0.2) is 4.79 Å². The number of aliphatic hydroxyl groups excluding tert-OH is 1. The topological polar surface area (TPSA) is 111 Å². The first-order valence-electron chi connectivity index (χ1n) is 10.9. The predicted octanol–water partition coefficient (Wildman–Crippen LogP) is 1.72. The van der Waals surface area contributed by atoms with E-state index in [1.165, 1.54) is 5.57 Å². The second-order valence-electron chi connectivity index (χ2n) is 9.68. The van der Waals surface area contributed by atoms with Gasteiger partial charge in [0.05, 0.1) is 24.3 Å². The number of hydrogen-bond donors (Lipinski definition) is 2. The van der Waals surface area contributed by atoms with Gasteiger partial charge in [0.15, 0.2) is 0 Å². The highest BCUT2D eigenvalue weighted by Gasteiger charge is 2.60. The van der Waals surface area contributed by atoms with Crippen molar-refractivity contribution in [3.05, 3.63) is 23.8 Å². The maximum absolute atomic E-state index is 12.3. The first kappa shape index (κ1) is 22.6. The predicted molar refractivity (Wildman–Crippen MR) is 112 cm³/mol. The van der Waals surface area contributed by atoms with Gasteiger partial charge in [0, 0.05) is 5.41 Å². The fourth-order valence-electron chi connectivity index (χ4n) is 6.36. The van der Waals surface area contributed by atoms with Crippen molar-refractivity contribution in [1.82, 2.24) is 5.32 Å². The summed E-state index contributed by atoms with van der Waals surface area (Å²) in [5, 5.41) is 11.6. The summed E-state index contributed by atoms with van der Waals surface area (Å²) in [5.74, 6) is -0.500. The molecule has 2 aliphatic heterocycles. The Balaban J connectivity index is 1.57. The van der Waals surface area contributed by atoms with Gasteiger partial charge in [-0.15, -0.1) is 0 Å². The van der Waals surface area contributed by atoms with E-state index in [0.29, 0.717) is 24.5 Å². The van der Waals surface area contributed by atoms with Gasteiger partial charge in [-0.1, -0.05) is 32.1 Å². The first-order chi connectivity index (χ1) is 14.7. The van der Waals surface area contributed by atoms with E-state index in [4.69, 9.17) is 18.2 Å². The fraction of sp³-hybridized carbons (Fsp3) is 0.727. The molecule has 4 aliphatic rings. The van der Waals surface area contributed by atoms with E-state index >= 15 is 0 Å². The highest BCUT2D eigenvalue weighted by molar-refractivity contribution is 7.75. The molecule has 4 rings (SSSR count). The molecule has 4 fully saturated rings. The van der Waals surface area contributed by atoms with Crippen molar-refractivity contribution < 1.29 is 32.0 Å². The van der Waals surface area contributed by atoms with Crippen LogP contribution < -0.4 is 5.32 Å². The van der Waals surface area contributed by atoms with Crippen molar-refractivity contribution in [3.8, 4) is 0 Å². The SMILES string of the molecule is C=C1CCC2[C@]3(C)COS(=O)O[C@@H]3CC[C@@]2(C)[C@@H]1C/C=C1/C(=O)OC[C@H]1NC(=O)CO. The van der Waals surface area contributed by atoms with Gasteiger partial charge in [-0.05, 0) is 49.4 Å². The van der Waals surface area contributed by atoms with E-state index in [0.717, 1.165) is 25.7 Å². The molecular formula is C22H31NO7S. The van der Waals surface area contributed by atoms with Crippen LogP contribution >= 0.6 is 0 Å². The number of cyclic esters (lactones) is 1. The van der Waals surface area contributed by atoms with Crippen LogP contribution in [-0.2, 0) is 34.1 Å². The minimum atomic E-state index is -1.68. The van der Waals surface area contributed by atoms with Gasteiger partial charge in [0.2, 0.25) is 5.91 Å². The van der Waals surface area contributed by atoms with E-state index in [9.17, 15) is 13.8 Å². The third-order valence-corrected chi connectivity index (χ3v) is 8.72. The number of fused-ring (bicyclic) bond motifs is 3. The number of amides is 1. The third-order valence-electron chi connectivity index (χ3n) is 8.02. The maximum atomic E-state index is 12.3. The second kappa shape index (κ2) is 8.42. The third kappa shape index (κ3) is 3.90. The number of nitrogens with one attached hydrogen (secondary N) is 1. The maximum Gasteiger partial charge on any atom is 0.336 e. The Morgan fingerprint density at radius 2 is 2.13 bits per heavy atom. The lowest BCUT2D eigenvalue weighted by Crippen LogP contribution is -2.60. The van der Waals surface area contributed by atoms with Crippen LogP contribution in [0, 0.1) is 22.7 Å². The normalized spacial score (nSPS) is 43.8. The monoisotopic (exact) mass is 453 g/mol. The Bertz CT molecular complexity index is 842. The molecule has 0 aromatic heterocycles. The van der Waals surface area contributed by atoms with Crippen LogP contribution in [-0.4, -0.2) is 53.2 Å². The molecule has 172 valence electrons. The number of aliphatic hydroxyl groups is 1. The van der Waals surface area contributed by atoms with E-state index in [2.05, 4.69) is 25.7 Å². The van der Waals surface area contributed by atoms with Gasteiger partial charge < -0.3 is 15.2 Å². The highest BCUT2D eigenvalue weighted by Crippen LogP contribution is 2.63. The van der Waals surface area contributed by atoms with E-state index < -0.39 is 35.9 Å². The average molecular weight is 454 g/mol. The number of rotatable bonds is 4. The molecule has 2 N–H and O–H groups in total. The molecule has 8 nitrogen and oxygen atoms in total. The zero-order chi connectivity index (χ0) is 22.4. The van der Waals surface area contributed by atoms with Crippen LogP contribution in [0.2, 0.25) is 0 Å². The first-order valence-corrected chi connectivity index (χ1v) is 11.9. The molecule has 2 saturated heterocycles. The Hall–Kier alpha value is -1.55. The lowest BCUT2D eigenvalue weighted by molar-refractivity contribution is -0.154. The largest absolute Gasteiger partial charge is 0.460 e. The standard InChI is InChI=1S/C22H31NO7S/c1-13-4-7-17-21(2,9-8-18-22(17,3)12-29-31(27)30-18)15(13)6-5-14-16(11-28-20(14)26)23-19(25)10-24/h5,15-18,24H,1,4,6-12H2,2-3H3,(H,23,25)/b14-5+/t15-,16-,17?,18-,21+,22+,31?/m1/s1. The Morgan fingerprint density at radius 3 is 2.87 bits per heavy atom. The Labute approximate surface area is 185 Å². The van der Waals surface area contributed by atoms with Crippen LogP contribution in [0.1, 0.15) is 46.0 Å². The zero-order valence-electron chi connectivity index (χ0n) is 18.1. The summed E-state index contributed by atoms with van der Waals surface area (Å²) in [6.07, 6.45) is 5.98. The van der Waals surface area contributed by atoms with Crippen LogP contribution in [0.25, 0.3) is 0 Å². The lowest BCUT2D eigenvalue weighted by Gasteiger charge is -2.61. The minimum Gasteiger partial charge on any atom is -0.460 e. The Kier molecular flexibility index (Phi) is 6.15. The molecule has 9 heteroatoms. The van der Waals surface area contributed by atoms with Crippen LogP contribution in [0.5, 0.6) is 0 Å². The summed E-state index contributed by atoms with van der Waals surface area (Å²) in [6, 6.07) is -0.545. The molecule has 0 bridgehead atoms. The van der Waals surface area contributed by atoms with Gasteiger partial charge in [-0.2, -0.15) is 4.21 Å². The summed E-state index contributed by atoms with van der Waals surface area (Å²) < 4.78 is 28.0. The minimum absolute atomic E-state index is 0.0600. The number of carbonyl (C=O) groups excluding carboxylic acids is 2. The zero-order valence-corrected chi connectivity index (χ0v) is 18.9. The van der Waals surface area contributed by atoms with Gasteiger partial charge in [0.1, 0.15) is 13.2 Å². The van der Waals surface area contributed by atoms with E-state index in [1.54, 1.807) is 0 Å². The molecule has 1 amide bonds. The quantitative estimate of drug-likeness (QED) is 0.379. The van der Waals surface area contributed by atoms with Crippen molar-refractivity contribution in [1.29, 1.82) is 0 Å². The number of hydrogen-bond acceptors (Lipinski definition) is 7. The molecule has 2 aliphatic carbocycles. The number of esters is 1. The molecule has 7 atom stereocenters. The number of ether oxygens (including phenoxy) is 1. The highest BCUT2D eigenvalue weighted by atomic mass is 32.2. The summed E-state index contributed by atoms with van der Waals surface area (Å²) in [4.78, 5) is 23.8. The molecule has 0 aromatic rings. The van der Waals surface area contributed by atoms with Crippen LogP contribution in [0.4, 0.5) is 0 Å². The van der Waals surface area contributed by atoms with Gasteiger partial charge in [0.25, 0.3) is 0 Å². The molecule has 2 heterocycles. The molecule has 2 saturated carbocycles. The summed E-state index contributed by atoms with van der Waals surface area (Å²) in [6.45, 7) is 8.67. The molecular weight excluding hydrogens is 422 g/mol. The van der Waals surface area contributed by atoms with Crippen LogP contribution in [0.3, 0.4) is 0 Å². The molecule has 31 heavy (non-hydrogen) atoms. The van der Waals surface area contributed by atoms with Crippen molar-refractivity contribution in [2.75, 3.05) is 19.8 Å². The summed E-state index contributed by atoms with van der Waals surface area (Å²) >= 11 is -1.68. The van der Waals surface area contributed by atoms with Gasteiger partial charge >= 0.3 is 17.3 Å². The fourth-order valence-corrected chi connectivity index (χ4v) is 7.27. The molecule has 2 unspecified atom stereocenters. The van der Waals surface area contributed by atoms with Crippen molar-refractivity contribution in [3.63, 3.8) is 0 Å². The molecule has 0 aromatic carbocycles. The van der Waals surface area contributed by atoms with Crippen molar-refractivity contribution in [2.45, 2.75) is 58.1 Å². The van der Waals surface area contributed by atoms with Crippen molar-refractivity contribution in [2.24, 2.45) is 22.7 Å². The molecule has 0 spiro atoms. The summed E-state index contributed by atoms with van der Waals surface area (Å²) in [5.41, 5.74) is 1.31. The summed E-state index contributed by atoms with van der Waals surface area (Å²) in [7, 11) is 0. The smallest absolute Gasteiger partial charge is 0.336 e. The lowest BCUT2D eigenvalue weighted by atomic mass is 9.46. The van der Waals surface area contributed by atoms with E-state index in [1.807, 2.05) is 6.08 Å². The molecule has 0 radical (unpaired) electrons. The second-order valence-corrected chi connectivity index (χ2v) is 10.5. The van der Waals surface area contributed by atoms with Crippen molar-refractivity contribution >= 4 is 23.2 Å². The van der Waals surface area contributed by atoms with Crippen LogP contribution in [0.15, 0.2) is 23.8 Å². The number of carbonyl (C=O) groups is 2. The average Bonchev–Trinajstić information content (AvgIpc) is 3.07. The Morgan fingerprint density at radius 1 is 1.35 bits per heavy atom. The number of allylic oxidation sites excluding steroid dienone is 2. The van der Waals surface area contributed by atoms with E-state index in [-0.39, 0.29) is 29.5 Å². The van der Waals surface area contributed by atoms with Gasteiger partial charge in [-0.3, -0.25) is 13.2 Å².